The van der Waals surface area contributed by atoms with Gasteiger partial charge in [-0.1, -0.05) is 121 Å². The molecule has 8 aromatic carbocycles. The van der Waals surface area contributed by atoms with E-state index in [0.29, 0.717) is 0 Å². The highest BCUT2D eigenvalue weighted by Crippen LogP contribution is 2.48. The summed E-state index contributed by atoms with van der Waals surface area (Å²) in [6.45, 7) is 2.09. The average Bonchev–Trinajstić information content (AvgIpc) is 3.54. The Labute approximate surface area is 290 Å². The number of hydrogen-bond acceptors (Lipinski definition) is 3. The first-order valence-corrected chi connectivity index (χ1v) is 16.9. The lowest BCUT2D eigenvalue weighted by Gasteiger charge is -2.30. The van der Waals surface area contributed by atoms with Crippen LogP contribution in [0, 0.1) is 6.92 Å². The van der Waals surface area contributed by atoms with Crippen LogP contribution >= 0.6 is 0 Å². The normalized spacial score (nSPS) is 11.4. The number of benzene rings is 8. The van der Waals surface area contributed by atoms with Crippen molar-refractivity contribution in [3.05, 3.63) is 181 Å². The van der Waals surface area contributed by atoms with Crippen molar-refractivity contribution in [2.24, 2.45) is 0 Å². The van der Waals surface area contributed by atoms with Crippen molar-refractivity contribution in [2.45, 2.75) is 6.92 Å². The zero-order chi connectivity index (χ0) is 33.6. The number of phenols is 1. The topological polar surface area (TPSA) is 36.6 Å². The molecular weight excluding hydrogens is 611 g/mol. The van der Waals surface area contributed by atoms with E-state index in [1.807, 2.05) is 36.4 Å². The second-order valence-electron chi connectivity index (χ2n) is 12.8. The van der Waals surface area contributed by atoms with Crippen LogP contribution in [0.15, 0.2) is 180 Å². The van der Waals surface area contributed by atoms with Crippen molar-refractivity contribution in [3.63, 3.8) is 0 Å². The summed E-state index contributed by atoms with van der Waals surface area (Å²) in [6, 6.07) is 60.9. The van der Waals surface area contributed by atoms with Gasteiger partial charge in [0, 0.05) is 27.6 Å². The third kappa shape index (κ3) is 5.08. The minimum atomic E-state index is 0.232. The Balaban J connectivity index is 1.24. The molecule has 0 aliphatic heterocycles. The van der Waals surface area contributed by atoms with Gasteiger partial charge in [0.1, 0.15) is 16.9 Å². The molecule has 0 aliphatic carbocycles. The smallest absolute Gasteiger partial charge is 0.136 e. The van der Waals surface area contributed by atoms with E-state index in [9.17, 15) is 5.11 Å². The van der Waals surface area contributed by atoms with E-state index in [0.717, 1.165) is 72.4 Å². The molecule has 0 radical (unpaired) electrons. The molecule has 3 nitrogen and oxygen atoms in total. The van der Waals surface area contributed by atoms with E-state index in [-0.39, 0.29) is 5.75 Å². The van der Waals surface area contributed by atoms with Crippen molar-refractivity contribution in [3.8, 4) is 39.1 Å². The van der Waals surface area contributed by atoms with E-state index in [4.69, 9.17) is 4.42 Å². The lowest BCUT2D eigenvalue weighted by atomic mass is 9.95. The molecule has 9 aromatic rings. The van der Waals surface area contributed by atoms with Gasteiger partial charge in [-0.3, -0.25) is 0 Å². The lowest BCUT2D eigenvalue weighted by Crippen LogP contribution is -2.12. The number of aryl methyl sites for hydroxylation is 1. The van der Waals surface area contributed by atoms with Crippen LogP contribution in [0.25, 0.3) is 66.1 Å². The molecule has 1 N–H and O–H groups in total. The highest BCUT2D eigenvalue weighted by atomic mass is 16.3. The van der Waals surface area contributed by atoms with E-state index >= 15 is 0 Å². The number of para-hydroxylation sites is 2. The van der Waals surface area contributed by atoms with Crippen molar-refractivity contribution >= 4 is 49.8 Å². The maximum absolute atomic E-state index is 11.5. The zero-order valence-electron chi connectivity index (χ0n) is 27.5. The fraction of sp³-hybridized carbons (Fsp3) is 0.0213. The number of rotatable bonds is 6. The first kappa shape index (κ1) is 29.6. The Morgan fingerprint density at radius 2 is 1.12 bits per heavy atom. The molecule has 1 aromatic heterocycles. The van der Waals surface area contributed by atoms with Crippen LogP contribution in [0.3, 0.4) is 0 Å². The van der Waals surface area contributed by atoms with Crippen LogP contribution in [-0.4, -0.2) is 5.11 Å². The SMILES string of the molecule is Cc1ccccc1-c1c(O)cccc1N(c1ccc(-c2ccc3ccccc3c2)cc1)c1ccccc1-c1ccc2c(c1)oc1ccccc12. The van der Waals surface area contributed by atoms with Crippen LogP contribution in [0.5, 0.6) is 5.75 Å². The number of phenolic OH excluding ortho intramolecular Hbond substituents is 1. The first-order chi connectivity index (χ1) is 24.6. The summed E-state index contributed by atoms with van der Waals surface area (Å²) in [4.78, 5) is 2.27. The van der Waals surface area contributed by atoms with E-state index in [1.165, 1.54) is 16.3 Å². The van der Waals surface area contributed by atoms with Crippen LogP contribution in [0.4, 0.5) is 17.1 Å². The number of furan rings is 1. The van der Waals surface area contributed by atoms with Gasteiger partial charge >= 0.3 is 0 Å². The first-order valence-electron chi connectivity index (χ1n) is 16.9. The number of fused-ring (bicyclic) bond motifs is 4. The third-order valence-electron chi connectivity index (χ3n) is 9.72. The fourth-order valence-corrected chi connectivity index (χ4v) is 7.23. The predicted octanol–water partition coefficient (Wildman–Crippen LogP) is 13.2. The molecular formula is C47H33NO2. The second-order valence-corrected chi connectivity index (χ2v) is 12.8. The number of anilines is 3. The molecule has 0 fully saturated rings. The van der Waals surface area contributed by atoms with Gasteiger partial charge in [0.25, 0.3) is 0 Å². The summed E-state index contributed by atoms with van der Waals surface area (Å²) in [5.41, 5.74) is 11.8. The Kier molecular flexibility index (Phi) is 7.18. The molecule has 0 amide bonds. The van der Waals surface area contributed by atoms with Gasteiger partial charge in [0.15, 0.2) is 0 Å². The van der Waals surface area contributed by atoms with Gasteiger partial charge < -0.3 is 14.4 Å². The van der Waals surface area contributed by atoms with E-state index in [1.54, 1.807) is 6.07 Å². The highest BCUT2D eigenvalue weighted by molar-refractivity contribution is 6.06. The molecule has 1 heterocycles. The van der Waals surface area contributed by atoms with Gasteiger partial charge in [-0.25, -0.2) is 0 Å². The second kappa shape index (κ2) is 12.1. The quantitative estimate of drug-likeness (QED) is 0.196. The monoisotopic (exact) mass is 643 g/mol. The maximum Gasteiger partial charge on any atom is 0.136 e. The van der Waals surface area contributed by atoms with Crippen molar-refractivity contribution in [2.75, 3.05) is 4.90 Å². The maximum atomic E-state index is 11.5. The Morgan fingerprint density at radius 3 is 1.98 bits per heavy atom. The third-order valence-corrected chi connectivity index (χ3v) is 9.72. The summed E-state index contributed by atoms with van der Waals surface area (Å²) >= 11 is 0. The summed E-state index contributed by atoms with van der Waals surface area (Å²) in [5.74, 6) is 0.232. The van der Waals surface area contributed by atoms with E-state index < -0.39 is 0 Å². The average molecular weight is 644 g/mol. The summed E-state index contributed by atoms with van der Waals surface area (Å²) < 4.78 is 6.33. The van der Waals surface area contributed by atoms with Crippen molar-refractivity contribution < 1.29 is 9.52 Å². The Bertz CT molecular complexity index is 2690. The van der Waals surface area contributed by atoms with Gasteiger partial charge in [0.05, 0.1) is 11.4 Å². The van der Waals surface area contributed by atoms with Gasteiger partial charge in [-0.05, 0) is 100 Å². The molecule has 50 heavy (non-hydrogen) atoms. The molecule has 238 valence electrons. The Morgan fingerprint density at radius 1 is 0.460 bits per heavy atom. The number of aromatic hydroxyl groups is 1. The van der Waals surface area contributed by atoms with Gasteiger partial charge in [-0.2, -0.15) is 0 Å². The summed E-state index contributed by atoms with van der Waals surface area (Å²) in [7, 11) is 0. The minimum Gasteiger partial charge on any atom is -0.507 e. The van der Waals surface area contributed by atoms with Crippen LogP contribution in [-0.2, 0) is 0 Å². The molecule has 9 rings (SSSR count). The molecule has 0 atom stereocenters. The minimum absolute atomic E-state index is 0.232. The molecule has 0 unspecified atom stereocenters. The van der Waals surface area contributed by atoms with Gasteiger partial charge in [-0.15, -0.1) is 0 Å². The molecule has 0 saturated carbocycles. The fourth-order valence-electron chi connectivity index (χ4n) is 7.23. The van der Waals surface area contributed by atoms with Crippen LogP contribution in [0.1, 0.15) is 5.56 Å². The molecule has 0 aliphatic rings. The zero-order valence-corrected chi connectivity index (χ0v) is 27.5. The number of nitrogens with zero attached hydrogens (tertiary/aromatic N) is 1. The predicted molar refractivity (Wildman–Crippen MR) is 209 cm³/mol. The highest BCUT2D eigenvalue weighted by Gasteiger charge is 2.23. The van der Waals surface area contributed by atoms with E-state index in [2.05, 4.69) is 145 Å². The van der Waals surface area contributed by atoms with Crippen LogP contribution < -0.4 is 4.90 Å². The molecule has 0 spiro atoms. The standard InChI is InChI=1S/C47H33NO2/c1-31-11-2-5-14-38(31)47-43(18-10-19-44(47)49)48(37-26-23-33(24-27-37)35-22-21-32-12-3-4-13-34(32)29-35)42-17-8-6-15-39(42)36-25-28-41-40-16-7-9-20-45(40)50-46(41)30-36/h2-30,49H,1H3. The van der Waals surface area contributed by atoms with Crippen LogP contribution in [0.2, 0.25) is 0 Å². The van der Waals surface area contributed by atoms with Gasteiger partial charge in [0.2, 0.25) is 0 Å². The Hall–Kier alpha value is -6.58. The lowest BCUT2D eigenvalue weighted by molar-refractivity contribution is 0.477. The summed E-state index contributed by atoms with van der Waals surface area (Å²) in [6.07, 6.45) is 0. The largest absolute Gasteiger partial charge is 0.507 e. The molecule has 0 saturated heterocycles. The summed E-state index contributed by atoms with van der Waals surface area (Å²) in [5, 5.41) is 16.2. The molecule has 0 bridgehead atoms. The number of hydrogen-bond donors (Lipinski definition) is 1. The molecule has 3 heteroatoms. The van der Waals surface area contributed by atoms with Crippen molar-refractivity contribution in [1.29, 1.82) is 0 Å². The van der Waals surface area contributed by atoms with Crippen molar-refractivity contribution in [1.82, 2.24) is 0 Å².